The fraction of sp³-hybridized carbons (Fsp3) is 0.364. The third-order valence-electron chi connectivity index (χ3n) is 5.54. The lowest BCUT2D eigenvalue weighted by Crippen LogP contribution is -2.68. The van der Waals surface area contributed by atoms with E-state index >= 15 is 0 Å². The Labute approximate surface area is 183 Å². The Bertz CT molecular complexity index is 998. The van der Waals surface area contributed by atoms with Crippen molar-refractivity contribution in [3.63, 3.8) is 0 Å². The van der Waals surface area contributed by atoms with Gasteiger partial charge in [0.25, 0.3) is 0 Å². The molecule has 0 spiro atoms. The molecule has 0 unspecified atom stereocenters. The van der Waals surface area contributed by atoms with Crippen molar-refractivity contribution in [1.29, 1.82) is 0 Å². The van der Waals surface area contributed by atoms with Crippen LogP contribution in [0.1, 0.15) is 38.1 Å². The summed E-state index contributed by atoms with van der Waals surface area (Å²) in [6.45, 7) is 14.6. The van der Waals surface area contributed by atoms with Crippen molar-refractivity contribution in [3.05, 3.63) is 62.8 Å². The van der Waals surface area contributed by atoms with Gasteiger partial charge in [-0.25, -0.2) is 14.0 Å². The van der Waals surface area contributed by atoms with E-state index in [-0.39, 0.29) is 11.3 Å². The van der Waals surface area contributed by atoms with E-state index in [0.717, 1.165) is 3.57 Å². The maximum atomic E-state index is 14.3. The smallest absolute Gasteiger partial charge is 0.340 e. The molecule has 3 rings (SSSR count). The number of carbonyl (C=O) groups is 1. The van der Waals surface area contributed by atoms with E-state index in [4.69, 9.17) is 11.3 Å². The summed E-state index contributed by atoms with van der Waals surface area (Å²) in [6, 6.07) is 9.20. The zero-order valence-electron chi connectivity index (χ0n) is 16.6. The van der Waals surface area contributed by atoms with Gasteiger partial charge in [0.2, 0.25) is 0 Å². The van der Waals surface area contributed by atoms with Crippen molar-refractivity contribution >= 4 is 45.6 Å². The summed E-state index contributed by atoms with van der Waals surface area (Å²) in [4.78, 5) is 16.3. The third kappa shape index (κ3) is 3.83. The van der Waals surface area contributed by atoms with Crippen LogP contribution in [-0.4, -0.2) is 23.3 Å². The van der Waals surface area contributed by atoms with E-state index in [9.17, 15) is 14.3 Å². The monoisotopic (exact) mass is 508 g/mol. The number of halogens is 2. The minimum atomic E-state index is -0.601. The number of hydrogen-bond acceptors (Lipinski definition) is 4. The summed E-state index contributed by atoms with van der Waals surface area (Å²) in [7, 11) is 0. The fourth-order valence-corrected chi connectivity index (χ4v) is 4.65. The van der Waals surface area contributed by atoms with E-state index in [0.29, 0.717) is 11.4 Å². The standard InChI is InChI=1S/C22H22FIN2O3/c1-21(2)19(28)22(3,4)20(21)29-18(27)14-8-7-13(25-5)11-17(14)26-16-9-6-12(24)10-15(16)23/h6-11,19-20,26,28H,1-4H3. The first-order valence-corrected chi connectivity index (χ1v) is 10.2. The largest absolute Gasteiger partial charge is 0.457 e. The quantitative estimate of drug-likeness (QED) is 0.317. The van der Waals surface area contributed by atoms with Crippen molar-refractivity contribution in [1.82, 2.24) is 0 Å². The van der Waals surface area contributed by atoms with Gasteiger partial charge in [-0.1, -0.05) is 39.8 Å². The number of esters is 1. The molecular formula is C22H22FIN2O3. The maximum absolute atomic E-state index is 14.3. The lowest BCUT2D eigenvalue weighted by molar-refractivity contribution is -0.246. The first-order chi connectivity index (χ1) is 13.5. The first kappa shape index (κ1) is 21.5. The number of nitrogens with zero attached hydrogens (tertiary/aromatic N) is 1. The molecule has 1 fully saturated rings. The number of benzene rings is 2. The van der Waals surface area contributed by atoms with Crippen LogP contribution in [0.2, 0.25) is 0 Å². The number of anilines is 2. The zero-order valence-corrected chi connectivity index (χ0v) is 18.7. The van der Waals surface area contributed by atoms with Crippen molar-refractivity contribution in [2.75, 3.05) is 5.32 Å². The molecule has 152 valence electrons. The molecule has 0 radical (unpaired) electrons. The van der Waals surface area contributed by atoms with Gasteiger partial charge in [0.1, 0.15) is 11.9 Å². The molecule has 0 bridgehead atoms. The molecule has 0 amide bonds. The van der Waals surface area contributed by atoms with Gasteiger partial charge in [0.15, 0.2) is 5.69 Å². The van der Waals surface area contributed by atoms with Gasteiger partial charge in [-0.15, -0.1) is 0 Å². The van der Waals surface area contributed by atoms with E-state index in [2.05, 4.69) is 10.2 Å². The molecule has 1 saturated carbocycles. The summed E-state index contributed by atoms with van der Waals surface area (Å²) >= 11 is 2.01. The van der Waals surface area contributed by atoms with Crippen molar-refractivity contribution < 1.29 is 19.0 Å². The Morgan fingerprint density at radius 3 is 2.41 bits per heavy atom. The zero-order chi connectivity index (χ0) is 21.6. The molecule has 0 aliphatic heterocycles. The highest BCUT2D eigenvalue weighted by molar-refractivity contribution is 14.1. The summed E-state index contributed by atoms with van der Waals surface area (Å²) < 4.78 is 20.8. The SMILES string of the molecule is [C-]#[N+]c1ccc(C(=O)OC2C(C)(C)C(O)C2(C)C)c(Nc2ccc(I)cc2F)c1. The molecule has 0 heterocycles. The van der Waals surface area contributed by atoms with Crippen molar-refractivity contribution in [3.8, 4) is 0 Å². The predicted octanol–water partition coefficient (Wildman–Crippen LogP) is 5.68. The summed E-state index contributed by atoms with van der Waals surface area (Å²) in [5.41, 5.74) is -0.157. The molecule has 1 aliphatic carbocycles. The second-order valence-electron chi connectivity index (χ2n) is 8.42. The molecule has 0 saturated heterocycles. The van der Waals surface area contributed by atoms with Gasteiger partial charge >= 0.3 is 5.97 Å². The molecular weight excluding hydrogens is 486 g/mol. The first-order valence-electron chi connectivity index (χ1n) is 9.11. The summed E-state index contributed by atoms with van der Waals surface area (Å²) in [5, 5.41) is 13.3. The Morgan fingerprint density at radius 1 is 1.17 bits per heavy atom. The molecule has 2 aromatic carbocycles. The molecule has 2 N–H and O–H groups in total. The molecule has 1 aliphatic rings. The van der Waals surface area contributed by atoms with Gasteiger partial charge in [-0.05, 0) is 46.9 Å². The van der Waals surface area contributed by atoms with E-state index < -0.39 is 34.8 Å². The van der Waals surface area contributed by atoms with Crippen molar-refractivity contribution in [2.24, 2.45) is 10.8 Å². The topological polar surface area (TPSA) is 62.9 Å². The Balaban J connectivity index is 1.93. The lowest BCUT2D eigenvalue weighted by atomic mass is 9.51. The molecule has 5 nitrogen and oxygen atoms in total. The van der Waals surface area contributed by atoms with Crippen LogP contribution in [0, 0.1) is 26.8 Å². The number of aliphatic hydroxyl groups is 1. The number of nitrogens with one attached hydrogen (secondary N) is 1. The van der Waals surface area contributed by atoms with Crippen LogP contribution in [0.3, 0.4) is 0 Å². The average Bonchev–Trinajstić information content (AvgIpc) is 2.67. The number of aliphatic hydroxyl groups excluding tert-OH is 1. The Kier molecular flexibility index (Phi) is 5.62. The molecule has 29 heavy (non-hydrogen) atoms. The van der Waals surface area contributed by atoms with Crippen molar-refractivity contribution in [2.45, 2.75) is 39.9 Å². The predicted molar refractivity (Wildman–Crippen MR) is 118 cm³/mol. The number of hydrogen-bond donors (Lipinski definition) is 2. The van der Waals surface area contributed by atoms with Gasteiger partial charge < -0.3 is 15.2 Å². The molecule has 0 atom stereocenters. The fourth-order valence-electron chi connectivity index (χ4n) is 4.20. The third-order valence-corrected chi connectivity index (χ3v) is 6.21. The van der Waals surface area contributed by atoms with Crippen LogP contribution in [0.25, 0.3) is 4.85 Å². The van der Waals surface area contributed by atoms with Gasteiger partial charge in [0, 0.05) is 20.1 Å². The average molecular weight is 508 g/mol. The number of carbonyl (C=O) groups excluding carboxylic acids is 1. The Hall–Kier alpha value is -2.18. The number of rotatable bonds is 4. The maximum Gasteiger partial charge on any atom is 0.340 e. The van der Waals surface area contributed by atoms with Gasteiger partial charge in [-0.2, -0.15) is 0 Å². The van der Waals surface area contributed by atoms with E-state index in [1.807, 2.05) is 50.3 Å². The minimum absolute atomic E-state index is 0.196. The van der Waals surface area contributed by atoms with E-state index in [1.165, 1.54) is 24.3 Å². The second-order valence-corrected chi connectivity index (χ2v) is 9.67. The van der Waals surface area contributed by atoms with Crippen LogP contribution < -0.4 is 5.32 Å². The lowest BCUT2D eigenvalue weighted by Gasteiger charge is -2.60. The molecule has 2 aromatic rings. The van der Waals surface area contributed by atoms with Crippen LogP contribution in [0.4, 0.5) is 21.5 Å². The second kappa shape index (κ2) is 7.58. The highest BCUT2D eigenvalue weighted by atomic mass is 127. The van der Waals surface area contributed by atoms with Gasteiger partial charge in [-0.3, -0.25) is 0 Å². The Morgan fingerprint density at radius 2 is 1.83 bits per heavy atom. The van der Waals surface area contributed by atoms with Crippen LogP contribution in [-0.2, 0) is 4.74 Å². The van der Waals surface area contributed by atoms with Gasteiger partial charge in [0.05, 0.1) is 23.9 Å². The van der Waals surface area contributed by atoms with E-state index in [1.54, 1.807) is 12.1 Å². The van der Waals surface area contributed by atoms with Crippen LogP contribution in [0.15, 0.2) is 36.4 Å². The highest BCUT2D eigenvalue weighted by Crippen LogP contribution is 2.55. The minimum Gasteiger partial charge on any atom is -0.457 e. The molecule has 7 heteroatoms. The normalized spacial score (nSPS) is 21.6. The van der Waals surface area contributed by atoms with Crippen LogP contribution >= 0.6 is 22.6 Å². The summed E-state index contributed by atoms with van der Waals surface area (Å²) in [6.07, 6.45) is -1.09. The highest BCUT2D eigenvalue weighted by Gasteiger charge is 2.63. The summed E-state index contributed by atoms with van der Waals surface area (Å²) in [5.74, 6) is -1.05. The van der Waals surface area contributed by atoms with Crippen LogP contribution in [0.5, 0.6) is 0 Å². The number of ether oxygens (including phenoxy) is 1. The molecule has 0 aromatic heterocycles.